The number of benzene rings is 1. The first-order valence-electron chi connectivity index (χ1n) is 6.80. The molecule has 2 aromatic rings. The van der Waals surface area contributed by atoms with Crippen molar-refractivity contribution in [3.8, 4) is 0 Å². The van der Waals surface area contributed by atoms with Crippen LogP contribution in [-0.2, 0) is 4.79 Å². The highest BCUT2D eigenvalue weighted by molar-refractivity contribution is 7.99. The fourth-order valence-corrected chi connectivity index (χ4v) is 2.52. The SMILES string of the molecule is CC(C)CNC(=O)NC(=O)CSc1nc2ccc(Cl)cc2[nH]1. The number of urea groups is 1. The van der Waals surface area contributed by atoms with Gasteiger partial charge in [0, 0.05) is 11.6 Å². The van der Waals surface area contributed by atoms with Crippen molar-refractivity contribution in [2.75, 3.05) is 12.3 Å². The molecule has 1 aromatic carbocycles. The molecule has 1 heterocycles. The Hall–Kier alpha value is -1.73. The Morgan fingerprint density at radius 2 is 2.18 bits per heavy atom. The van der Waals surface area contributed by atoms with Crippen LogP contribution in [0.25, 0.3) is 11.0 Å². The quantitative estimate of drug-likeness (QED) is 0.730. The number of aromatic nitrogens is 2. The van der Waals surface area contributed by atoms with Crippen molar-refractivity contribution < 1.29 is 9.59 Å². The van der Waals surface area contributed by atoms with Gasteiger partial charge < -0.3 is 10.3 Å². The molecule has 0 aliphatic rings. The molecular formula is C14H17ClN4O2S. The number of hydrogen-bond donors (Lipinski definition) is 3. The lowest BCUT2D eigenvalue weighted by Gasteiger charge is -2.07. The Balaban J connectivity index is 1.83. The van der Waals surface area contributed by atoms with Crippen molar-refractivity contribution in [3.05, 3.63) is 23.2 Å². The summed E-state index contributed by atoms with van der Waals surface area (Å²) in [5, 5.41) is 6.12. The van der Waals surface area contributed by atoms with E-state index in [1.165, 1.54) is 11.8 Å². The zero-order valence-electron chi connectivity index (χ0n) is 12.3. The molecule has 0 spiro atoms. The van der Waals surface area contributed by atoms with Crippen molar-refractivity contribution in [3.63, 3.8) is 0 Å². The topological polar surface area (TPSA) is 86.9 Å². The number of hydrogen-bond acceptors (Lipinski definition) is 4. The number of aromatic amines is 1. The molecule has 0 radical (unpaired) electrons. The molecule has 0 atom stereocenters. The third kappa shape index (κ3) is 4.92. The number of nitrogens with zero attached hydrogens (tertiary/aromatic N) is 1. The molecule has 0 saturated carbocycles. The van der Waals surface area contributed by atoms with Gasteiger partial charge in [0.25, 0.3) is 0 Å². The van der Waals surface area contributed by atoms with Crippen LogP contribution in [0.2, 0.25) is 5.02 Å². The number of fused-ring (bicyclic) bond motifs is 1. The second-order valence-corrected chi connectivity index (χ2v) is 6.54. The number of halogens is 1. The van der Waals surface area contributed by atoms with Gasteiger partial charge in [0.15, 0.2) is 5.16 Å². The second kappa shape index (κ2) is 7.51. The number of amides is 3. The molecule has 3 amide bonds. The molecule has 8 heteroatoms. The Labute approximate surface area is 137 Å². The molecular weight excluding hydrogens is 324 g/mol. The van der Waals surface area contributed by atoms with Crippen LogP contribution in [0.3, 0.4) is 0 Å². The van der Waals surface area contributed by atoms with E-state index >= 15 is 0 Å². The predicted octanol–water partition coefficient (Wildman–Crippen LogP) is 2.79. The Morgan fingerprint density at radius 3 is 2.91 bits per heavy atom. The van der Waals surface area contributed by atoms with Crippen LogP contribution in [-0.4, -0.2) is 34.2 Å². The summed E-state index contributed by atoms with van der Waals surface area (Å²) in [6, 6.07) is 4.85. The zero-order valence-corrected chi connectivity index (χ0v) is 13.8. The fraction of sp³-hybridized carbons (Fsp3) is 0.357. The number of nitrogens with one attached hydrogen (secondary N) is 3. The third-order valence-corrected chi connectivity index (χ3v) is 3.79. The summed E-state index contributed by atoms with van der Waals surface area (Å²) in [6.07, 6.45) is 0. The Morgan fingerprint density at radius 1 is 1.41 bits per heavy atom. The van der Waals surface area contributed by atoms with E-state index in [1.807, 2.05) is 13.8 Å². The minimum absolute atomic E-state index is 0.0999. The number of imide groups is 1. The zero-order chi connectivity index (χ0) is 16.1. The molecule has 0 bridgehead atoms. The summed E-state index contributed by atoms with van der Waals surface area (Å²) in [7, 11) is 0. The van der Waals surface area contributed by atoms with Gasteiger partial charge in [-0.05, 0) is 24.1 Å². The first kappa shape index (κ1) is 16.6. The van der Waals surface area contributed by atoms with E-state index < -0.39 is 6.03 Å². The fourth-order valence-electron chi connectivity index (χ4n) is 1.66. The van der Waals surface area contributed by atoms with Crippen LogP contribution in [0.5, 0.6) is 0 Å². The van der Waals surface area contributed by atoms with E-state index in [0.29, 0.717) is 22.6 Å². The summed E-state index contributed by atoms with van der Waals surface area (Å²) in [4.78, 5) is 30.5. The number of rotatable bonds is 5. The highest BCUT2D eigenvalue weighted by atomic mass is 35.5. The van der Waals surface area contributed by atoms with Crippen LogP contribution in [0, 0.1) is 5.92 Å². The van der Waals surface area contributed by atoms with Gasteiger partial charge in [-0.1, -0.05) is 37.2 Å². The van der Waals surface area contributed by atoms with Crippen molar-refractivity contribution in [2.24, 2.45) is 5.92 Å². The lowest BCUT2D eigenvalue weighted by molar-refractivity contribution is -0.117. The number of imidazole rings is 1. The molecule has 2 rings (SSSR count). The highest BCUT2D eigenvalue weighted by Gasteiger charge is 2.10. The van der Waals surface area contributed by atoms with E-state index in [2.05, 4.69) is 20.6 Å². The number of carbonyl (C=O) groups excluding carboxylic acids is 2. The van der Waals surface area contributed by atoms with Crippen molar-refractivity contribution in [1.82, 2.24) is 20.6 Å². The van der Waals surface area contributed by atoms with Gasteiger partial charge in [-0.2, -0.15) is 0 Å². The molecule has 3 N–H and O–H groups in total. The highest BCUT2D eigenvalue weighted by Crippen LogP contribution is 2.21. The minimum Gasteiger partial charge on any atom is -0.338 e. The average molecular weight is 341 g/mol. The maximum absolute atomic E-state index is 11.7. The second-order valence-electron chi connectivity index (χ2n) is 5.14. The molecule has 0 aliphatic carbocycles. The average Bonchev–Trinajstić information content (AvgIpc) is 2.85. The van der Waals surface area contributed by atoms with Gasteiger partial charge >= 0.3 is 6.03 Å². The van der Waals surface area contributed by atoms with Crippen molar-refractivity contribution >= 4 is 46.3 Å². The van der Waals surface area contributed by atoms with Crippen LogP contribution in [0.1, 0.15) is 13.8 Å². The largest absolute Gasteiger partial charge is 0.338 e. The van der Waals surface area contributed by atoms with E-state index in [1.54, 1.807) is 18.2 Å². The predicted molar refractivity (Wildman–Crippen MR) is 88.2 cm³/mol. The first-order chi connectivity index (χ1) is 10.4. The molecule has 0 fully saturated rings. The monoisotopic (exact) mass is 340 g/mol. The van der Waals surface area contributed by atoms with Crippen LogP contribution >= 0.6 is 23.4 Å². The summed E-state index contributed by atoms with van der Waals surface area (Å²) in [6.45, 7) is 4.48. The van der Waals surface area contributed by atoms with Gasteiger partial charge in [0.05, 0.1) is 16.8 Å². The van der Waals surface area contributed by atoms with Gasteiger partial charge in [-0.15, -0.1) is 0 Å². The Kier molecular flexibility index (Phi) is 5.68. The number of H-pyrrole nitrogens is 1. The molecule has 6 nitrogen and oxygen atoms in total. The maximum Gasteiger partial charge on any atom is 0.321 e. The molecule has 0 unspecified atom stereocenters. The first-order valence-corrected chi connectivity index (χ1v) is 8.16. The maximum atomic E-state index is 11.7. The van der Waals surface area contributed by atoms with E-state index in [9.17, 15) is 9.59 Å². The molecule has 22 heavy (non-hydrogen) atoms. The molecule has 118 valence electrons. The third-order valence-electron chi connectivity index (χ3n) is 2.69. The summed E-state index contributed by atoms with van der Waals surface area (Å²) in [5.74, 6) is 0.0604. The van der Waals surface area contributed by atoms with Crippen LogP contribution in [0.4, 0.5) is 4.79 Å². The van der Waals surface area contributed by atoms with Gasteiger partial charge in [-0.25, -0.2) is 9.78 Å². The van der Waals surface area contributed by atoms with Gasteiger partial charge in [0.1, 0.15) is 0 Å². The lowest BCUT2D eigenvalue weighted by Crippen LogP contribution is -2.41. The van der Waals surface area contributed by atoms with E-state index in [-0.39, 0.29) is 11.7 Å². The molecule has 1 aromatic heterocycles. The molecule has 0 aliphatic heterocycles. The Bertz CT molecular complexity index is 687. The van der Waals surface area contributed by atoms with E-state index in [0.717, 1.165) is 11.0 Å². The number of carbonyl (C=O) groups is 2. The lowest BCUT2D eigenvalue weighted by atomic mass is 10.2. The van der Waals surface area contributed by atoms with Crippen molar-refractivity contribution in [1.29, 1.82) is 0 Å². The molecule has 0 saturated heterocycles. The summed E-state index contributed by atoms with van der Waals surface area (Å²) < 4.78 is 0. The van der Waals surface area contributed by atoms with Crippen molar-refractivity contribution in [2.45, 2.75) is 19.0 Å². The smallest absolute Gasteiger partial charge is 0.321 e. The minimum atomic E-state index is -0.476. The standard InChI is InChI=1S/C14H17ClN4O2S/c1-8(2)6-16-13(21)19-12(20)7-22-14-17-10-4-3-9(15)5-11(10)18-14/h3-5,8H,6-7H2,1-2H3,(H,17,18)(H2,16,19,20,21). The summed E-state index contributed by atoms with van der Waals surface area (Å²) >= 11 is 7.13. The van der Waals surface area contributed by atoms with Gasteiger partial charge in [0.2, 0.25) is 5.91 Å². The number of thioether (sulfide) groups is 1. The summed E-state index contributed by atoms with van der Waals surface area (Å²) in [5.41, 5.74) is 1.59. The van der Waals surface area contributed by atoms with E-state index in [4.69, 9.17) is 11.6 Å². The normalized spacial score (nSPS) is 10.9. The van der Waals surface area contributed by atoms with Crippen LogP contribution in [0.15, 0.2) is 23.4 Å². The van der Waals surface area contributed by atoms with Crippen LogP contribution < -0.4 is 10.6 Å². The van der Waals surface area contributed by atoms with Gasteiger partial charge in [-0.3, -0.25) is 10.1 Å².